The molecule has 0 saturated heterocycles. The molecule has 1 amide bonds. The molecular weight excluding hydrogens is 445 g/mol. The average molecular weight is 476 g/mol. The van der Waals surface area contributed by atoms with Gasteiger partial charge < -0.3 is 15.6 Å². The van der Waals surface area contributed by atoms with Gasteiger partial charge in [-0.15, -0.1) is 0 Å². The summed E-state index contributed by atoms with van der Waals surface area (Å²) >= 11 is 11.2. The number of carbonyl (C=O) groups is 2. The lowest BCUT2D eigenvalue weighted by Crippen LogP contribution is -2.16. The highest BCUT2D eigenvalue weighted by Crippen LogP contribution is 2.12. The number of rotatable bonds is 7. The van der Waals surface area contributed by atoms with Gasteiger partial charge >= 0.3 is 5.97 Å². The third kappa shape index (κ3) is 11.0. The van der Waals surface area contributed by atoms with Crippen molar-refractivity contribution in [3.8, 4) is 0 Å². The summed E-state index contributed by atoms with van der Waals surface area (Å²) in [4.78, 5) is 37.7. The topological polar surface area (TPSA) is 141 Å². The number of hydrogen-bond acceptors (Lipinski definition) is 8. The van der Waals surface area contributed by atoms with Gasteiger partial charge in [0.25, 0.3) is 5.91 Å². The van der Waals surface area contributed by atoms with Crippen LogP contribution in [0.15, 0.2) is 12.4 Å². The number of nitrogens with zero attached hydrogens (tertiary/aromatic N) is 4. The maximum absolute atomic E-state index is 11.5. The minimum atomic E-state index is -0.562. The first-order valence-corrected chi connectivity index (χ1v) is 10.0. The van der Waals surface area contributed by atoms with Gasteiger partial charge in [0, 0.05) is 30.6 Å². The van der Waals surface area contributed by atoms with Gasteiger partial charge in [0.05, 0.1) is 6.61 Å². The summed E-state index contributed by atoms with van der Waals surface area (Å²) in [5.41, 5.74) is 7.15. The van der Waals surface area contributed by atoms with Crippen molar-refractivity contribution in [1.82, 2.24) is 19.9 Å². The van der Waals surface area contributed by atoms with Crippen LogP contribution in [0.25, 0.3) is 0 Å². The zero-order valence-corrected chi connectivity index (χ0v) is 19.0. The van der Waals surface area contributed by atoms with E-state index in [1.54, 1.807) is 19.3 Å². The van der Waals surface area contributed by atoms with Gasteiger partial charge in [0.15, 0.2) is 5.69 Å². The Hall–Kier alpha value is -2.36. The Morgan fingerprint density at radius 2 is 1.35 bits per heavy atom. The highest BCUT2D eigenvalue weighted by molar-refractivity contribution is 6.28. The van der Waals surface area contributed by atoms with Crippen molar-refractivity contribution in [2.24, 2.45) is 5.73 Å². The van der Waals surface area contributed by atoms with Crippen molar-refractivity contribution >= 4 is 35.1 Å². The summed E-state index contributed by atoms with van der Waals surface area (Å²) in [6.45, 7) is 6.09. The molecular formula is C20H31Cl2N5O4. The standard InChI is InChI=1S/C10H13ClN2O2.C8H10ClN3O.CH4O.CH4/c1-3-5-7-6-12-10(11)13-8(7)9(14)15-4-2;1-2-3-5-4-11-8(9)12-6(5)7(10)13;1-2;/h6H,3-5H2,1-2H3;4H,2-3H2,1H3,(H2,10,13);2H,1H3;1H4. The van der Waals surface area contributed by atoms with Crippen molar-refractivity contribution in [3.63, 3.8) is 0 Å². The lowest BCUT2D eigenvalue weighted by Gasteiger charge is -2.06. The van der Waals surface area contributed by atoms with Crippen molar-refractivity contribution in [3.05, 3.63) is 45.5 Å². The molecule has 0 aliphatic heterocycles. The molecule has 174 valence electrons. The number of hydrogen-bond donors (Lipinski definition) is 2. The second-order valence-corrected chi connectivity index (χ2v) is 6.29. The van der Waals surface area contributed by atoms with Crippen LogP contribution in [0.1, 0.15) is 73.1 Å². The van der Waals surface area contributed by atoms with Gasteiger partial charge in [-0.1, -0.05) is 34.1 Å². The van der Waals surface area contributed by atoms with E-state index in [0.717, 1.165) is 43.9 Å². The molecule has 0 saturated carbocycles. The van der Waals surface area contributed by atoms with Crippen molar-refractivity contribution in [2.45, 2.75) is 53.9 Å². The molecule has 0 aromatic carbocycles. The molecule has 2 aromatic rings. The highest BCUT2D eigenvalue weighted by Gasteiger charge is 2.15. The monoisotopic (exact) mass is 475 g/mol. The van der Waals surface area contributed by atoms with E-state index in [1.165, 1.54) is 0 Å². The lowest BCUT2D eigenvalue weighted by molar-refractivity contribution is 0.0517. The molecule has 0 bridgehead atoms. The Labute approximate surface area is 193 Å². The first-order valence-electron chi connectivity index (χ1n) is 9.28. The highest BCUT2D eigenvalue weighted by atomic mass is 35.5. The fourth-order valence-corrected chi connectivity index (χ4v) is 2.53. The van der Waals surface area contributed by atoms with Gasteiger partial charge in [-0.25, -0.2) is 24.7 Å². The van der Waals surface area contributed by atoms with E-state index in [2.05, 4.69) is 19.9 Å². The second kappa shape index (κ2) is 17.3. The molecule has 0 unspecified atom stereocenters. The summed E-state index contributed by atoms with van der Waals surface area (Å²) in [6, 6.07) is 0. The molecule has 9 nitrogen and oxygen atoms in total. The van der Waals surface area contributed by atoms with Gasteiger partial charge in [-0.3, -0.25) is 4.79 Å². The molecule has 0 fully saturated rings. The van der Waals surface area contributed by atoms with E-state index in [0.29, 0.717) is 6.61 Å². The third-order valence-corrected chi connectivity index (χ3v) is 3.78. The number of amides is 1. The van der Waals surface area contributed by atoms with E-state index in [4.69, 9.17) is 38.8 Å². The number of aliphatic hydroxyl groups excluding tert-OH is 1. The lowest BCUT2D eigenvalue weighted by atomic mass is 10.1. The van der Waals surface area contributed by atoms with E-state index in [9.17, 15) is 9.59 Å². The molecule has 2 aromatic heterocycles. The normalized spacial score (nSPS) is 9.26. The number of halogens is 2. The number of ether oxygens (including phenoxy) is 1. The molecule has 0 radical (unpaired) electrons. The summed E-state index contributed by atoms with van der Waals surface area (Å²) in [6.07, 6.45) is 6.41. The minimum Gasteiger partial charge on any atom is -0.461 e. The Kier molecular flexibility index (Phi) is 17.2. The molecule has 3 N–H and O–H groups in total. The summed E-state index contributed by atoms with van der Waals surface area (Å²) < 4.78 is 4.88. The molecule has 31 heavy (non-hydrogen) atoms. The smallest absolute Gasteiger partial charge is 0.357 e. The van der Waals surface area contributed by atoms with Crippen LogP contribution in [-0.4, -0.2) is 50.6 Å². The number of primary amides is 1. The number of nitrogens with two attached hydrogens (primary N) is 1. The van der Waals surface area contributed by atoms with Gasteiger partial charge in [0.2, 0.25) is 10.6 Å². The minimum absolute atomic E-state index is 0. The Balaban J connectivity index is 0. The zero-order valence-electron chi connectivity index (χ0n) is 17.5. The fraction of sp³-hybridized carbons (Fsp3) is 0.500. The fourth-order valence-electron chi connectivity index (χ4n) is 2.26. The molecule has 2 rings (SSSR count). The van der Waals surface area contributed by atoms with Crippen LogP contribution in [0.3, 0.4) is 0 Å². The van der Waals surface area contributed by atoms with E-state index < -0.39 is 11.9 Å². The van der Waals surface area contributed by atoms with Gasteiger partial charge in [-0.05, 0) is 43.0 Å². The SMILES string of the molecule is C.CCCc1cnc(Cl)nc1C(=O)OCC.CCCc1cnc(Cl)nc1C(N)=O.CO. The van der Waals surface area contributed by atoms with E-state index in [-0.39, 0.29) is 29.4 Å². The zero-order chi connectivity index (χ0) is 23.1. The molecule has 0 aliphatic carbocycles. The Morgan fingerprint density at radius 3 is 1.74 bits per heavy atom. The first-order chi connectivity index (χ1) is 14.3. The van der Waals surface area contributed by atoms with Crippen molar-refractivity contribution in [2.75, 3.05) is 13.7 Å². The number of aliphatic hydroxyl groups is 1. The van der Waals surface area contributed by atoms with E-state index in [1.807, 2.05) is 13.8 Å². The van der Waals surface area contributed by atoms with Crippen LogP contribution in [0.4, 0.5) is 0 Å². The Bertz CT molecular complexity index is 822. The first kappa shape index (κ1) is 30.8. The summed E-state index contributed by atoms with van der Waals surface area (Å²) in [5, 5.41) is 7.12. The molecule has 2 heterocycles. The van der Waals surface area contributed by atoms with Crippen LogP contribution < -0.4 is 5.73 Å². The molecule has 0 spiro atoms. The molecule has 11 heteroatoms. The van der Waals surface area contributed by atoms with Crippen LogP contribution >= 0.6 is 23.2 Å². The molecule has 0 atom stereocenters. The number of esters is 1. The third-order valence-electron chi connectivity index (χ3n) is 3.41. The van der Waals surface area contributed by atoms with Gasteiger partial charge in [0.1, 0.15) is 5.69 Å². The Morgan fingerprint density at radius 1 is 0.935 bits per heavy atom. The van der Waals surface area contributed by atoms with Crippen LogP contribution in [0.2, 0.25) is 10.6 Å². The van der Waals surface area contributed by atoms with Crippen molar-refractivity contribution in [1.29, 1.82) is 0 Å². The second-order valence-electron chi connectivity index (χ2n) is 5.61. The number of carbonyl (C=O) groups excluding carboxylic acids is 2. The quantitative estimate of drug-likeness (QED) is 0.455. The van der Waals surface area contributed by atoms with Crippen molar-refractivity contribution < 1.29 is 19.4 Å². The average Bonchev–Trinajstić information content (AvgIpc) is 2.73. The van der Waals surface area contributed by atoms with Crippen LogP contribution in [0, 0.1) is 0 Å². The molecule has 0 aliphatic rings. The van der Waals surface area contributed by atoms with Crippen LogP contribution in [-0.2, 0) is 17.6 Å². The number of aryl methyl sites for hydroxylation is 2. The van der Waals surface area contributed by atoms with E-state index >= 15 is 0 Å². The van der Waals surface area contributed by atoms with Crippen LogP contribution in [0.5, 0.6) is 0 Å². The summed E-state index contributed by atoms with van der Waals surface area (Å²) in [7, 11) is 1.00. The largest absolute Gasteiger partial charge is 0.461 e. The maximum Gasteiger partial charge on any atom is 0.357 e. The van der Waals surface area contributed by atoms with Gasteiger partial charge in [-0.2, -0.15) is 0 Å². The predicted octanol–water partition coefficient (Wildman–Crippen LogP) is 3.69. The number of aromatic nitrogens is 4. The predicted molar refractivity (Wildman–Crippen MR) is 121 cm³/mol. The summed E-state index contributed by atoms with van der Waals surface area (Å²) in [5.74, 6) is -1.00. The maximum atomic E-state index is 11.5.